The Kier molecular flexibility index (Phi) is 5.27. The molecule has 16 heavy (non-hydrogen) atoms. The molecule has 0 aromatic carbocycles. The topological polar surface area (TPSA) is 69.6 Å². The van der Waals surface area contributed by atoms with Crippen molar-refractivity contribution < 1.29 is 14.7 Å². The van der Waals surface area contributed by atoms with E-state index in [1.807, 2.05) is 0 Å². The lowest BCUT2D eigenvalue weighted by atomic mass is 10.0. The number of rotatable bonds is 5. The van der Waals surface area contributed by atoms with E-state index < -0.39 is 11.5 Å². The van der Waals surface area contributed by atoms with Crippen molar-refractivity contribution >= 4 is 12.0 Å². The highest BCUT2D eigenvalue weighted by atomic mass is 16.4. The van der Waals surface area contributed by atoms with Gasteiger partial charge in [0.05, 0.1) is 0 Å². The number of carboxylic acids is 1. The predicted molar refractivity (Wildman–Crippen MR) is 62.3 cm³/mol. The van der Waals surface area contributed by atoms with E-state index in [1.54, 1.807) is 0 Å². The third kappa shape index (κ3) is 4.08. The Morgan fingerprint density at radius 1 is 1.38 bits per heavy atom. The molecular formula is C11H22N2O3. The van der Waals surface area contributed by atoms with Crippen LogP contribution in [-0.2, 0) is 4.79 Å². The van der Waals surface area contributed by atoms with E-state index in [4.69, 9.17) is 5.11 Å². The van der Waals surface area contributed by atoms with E-state index in [0.717, 1.165) is 6.42 Å². The third-order valence-electron chi connectivity index (χ3n) is 2.66. The first-order chi connectivity index (χ1) is 7.19. The van der Waals surface area contributed by atoms with Crippen molar-refractivity contribution in [2.45, 2.75) is 39.7 Å². The maximum atomic E-state index is 11.6. The van der Waals surface area contributed by atoms with E-state index in [1.165, 1.54) is 25.8 Å². The Hall–Kier alpha value is -1.26. The Labute approximate surface area is 96.8 Å². The fourth-order valence-electron chi connectivity index (χ4n) is 0.984. The summed E-state index contributed by atoms with van der Waals surface area (Å²) < 4.78 is 0. The normalized spacial score (nSPS) is 11.4. The summed E-state index contributed by atoms with van der Waals surface area (Å²) in [7, 11) is 1.48. The molecule has 0 aliphatic heterocycles. The van der Waals surface area contributed by atoms with Crippen molar-refractivity contribution in [3.05, 3.63) is 0 Å². The summed E-state index contributed by atoms with van der Waals surface area (Å²) >= 11 is 0. The number of hydrogen-bond donors (Lipinski definition) is 2. The SMILES string of the molecule is CC(C)CCNC(=O)N(C)C(C)(C)C(=O)O. The number of amides is 2. The van der Waals surface area contributed by atoms with Gasteiger partial charge in [-0.1, -0.05) is 13.8 Å². The lowest BCUT2D eigenvalue weighted by Crippen LogP contribution is -2.54. The van der Waals surface area contributed by atoms with E-state index in [9.17, 15) is 9.59 Å². The summed E-state index contributed by atoms with van der Waals surface area (Å²) in [5.74, 6) is -0.507. The van der Waals surface area contributed by atoms with Crippen LogP contribution < -0.4 is 5.32 Å². The average Bonchev–Trinajstić information content (AvgIpc) is 2.15. The van der Waals surface area contributed by atoms with Gasteiger partial charge in [-0.3, -0.25) is 0 Å². The number of carbonyl (C=O) groups excluding carboxylic acids is 1. The second kappa shape index (κ2) is 5.72. The van der Waals surface area contributed by atoms with Crippen LogP contribution in [0.1, 0.15) is 34.1 Å². The summed E-state index contributed by atoms with van der Waals surface area (Å²) in [5.41, 5.74) is -1.19. The van der Waals surface area contributed by atoms with Gasteiger partial charge in [-0.25, -0.2) is 9.59 Å². The van der Waals surface area contributed by atoms with Gasteiger partial charge in [0.25, 0.3) is 0 Å². The quantitative estimate of drug-likeness (QED) is 0.752. The van der Waals surface area contributed by atoms with Crippen molar-refractivity contribution in [1.29, 1.82) is 0 Å². The fraction of sp³-hybridized carbons (Fsp3) is 0.818. The molecule has 0 radical (unpaired) electrons. The highest BCUT2D eigenvalue weighted by Crippen LogP contribution is 2.12. The molecule has 0 saturated carbocycles. The number of aliphatic carboxylic acids is 1. The van der Waals surface area contributed by atoms with Gasteiger partial charge in [0.2, 0.25) is 0 Å². The lowest BCUT2D eigenvalue weighted by Gasteiger charge is -2.31. The standard InChI is InChI=1S/C11H22N2O3/c1-8(2)6-7-12-10(16)13(5)11(3,4)9(14)15/h8H,6-7H2,1-5H3,(H,12,16)(H,14,15). The molecule has 0 aliphatic carbocycles. The van der Waals surface area contributed by atoms with E-state index in [2.05, 4.69) is 19.2 Å². The Balaban J connectivity index is 4.24. The molecule has 0 bridgehead atoms. The van der Waals surface area contributed by atoms with Gasteiger partial charge in [-0.15, -0.1) is 0 Å². The van der Waals surface area contributed by atoms with E-state index in [-0.39, 0.29) is 6.03 Å². The average molecular weight is 230 g/mol. The molecule has 0 spiro atoms. The zero-order valence-corrected chi connectivity index (χ0v) is 10.7. The summed E-state index contributed by atoms with van der Waals surface area (Å²) in [6.07, 6.45) is 0.882. The molecule has 2 amide bonds. The fourth-order valence-corrected chi connectivity index (χ4v) is 0.984. The van der Waals surface area contributed by atoms with Crippen molar-refractivity contribution in [3.8, 4) is 0 Å². The first-order valence-electron chi connectivity index (χ1n) is 5.44. The number of nitrogens with zero attached hydrogens (tertiary/aromatic N) is 1. The second-order valence-electron chi connectivity index (χ2n) is 4.84. The number of carboxylic acid groups (broad SMARTS) is 1. The number of likely N-dealkylation sites (N-methyl/N-ethyl adjacent to an activating group) is 1. The second-order valence-corrected chi connectivity index (χ2v) is 4.84. The number of carbonyl (C=O) groups is 2. The van der Waals surface area contributed by atoms with E-state index >= 15 is 0 Å². The first-order valence-corrected chi connectivity index (χ1v) is 5.44. The molecule has 0 saturated heterocycles. The Morgan fingerprint density at radius 3 is 2.25 bits per heavy atom. The maximum Gasteiger partial charge on any atom is 0.329 e. The van der Waals surface area contributed by atoms with Gasteiger partial charge in [0.15, 0.2) is 0 Å². The van der Waals surface area contributed by atoms with Crippen LogP contribution in [0.25, 0.3) is 0 Å². The smallest absolute Gasteiger partial charge is 0.329 e. The minimum Gasteiger partial charge on any atom is -0.480 e. The molecule has 0 unspecified atom stereocenters. The molecule has 0 aliphatic rings. The minimum atomic E-state index is -1.19. The minimum absolute atomic E-state index is 0.354. The van der Waals surface area contributed by atoms with E-state index in [0.29, 0.717) is 12.5 Å². The maximum absolute atomic E-state index is 11.6. The lowest BCUT2D eigenvalue weighted by molar-refractivity contribution is -0.146. The zero-order valence-electron chi connectivity index (χ0n) is 10.7. The van der Waals surface area contributed by atoms with Gasteiger partial charge >= 0.3 is 12.0 Å². The highest BCUT2D eigenvalue weighted by Gasteiger charge is 2.34. The first kappa shape index (κ1) is 14.7. The van der Waals surface area contributed by atoms with Gasteiger partial charge in [-0.05, 0) is 26.2 Å². The van der Waals surface area contributed by atoms with Crippen molar-refractivity contribution in [2.75, 3.05) is 13.6 Å². The molecule has 0 heterocycles. The van der Waals surface area contributed by atoms with Gasteiger partial charge in [-0.2, -0.15) is 0 Å². The molecule has 0 aromatic heterocycles. The Morgan fingerprint density at radius 2 is 1.88 bits per heavy atom. The number of hydrogen-bond acceptors (Lipinski definition) is 2. The predicted octanol–water partition coefficient (Wildman–Crippen LogP) is 1.54. The molecule has 0 aromatic rings. The monoisotopic (exact) mass is 230 g/mol. The zero-order chi connectivity index (χ0) is 12.9. The Bertz CT molecular complexity index is 262. The summed E-state index contributed by atoms with van der Waals surface area (Å²) in [6.45, 7) is 7.69. The van der Waals surface area contributed by atoms with Gasteiger partial charge < -0.3 is 15.3 Å². The molecule has 5 nitrogen and oxygen atoms in total. The van der Waals surface area contributed by atoms with Crippen LogP contribution in [0.15, 0.2) is 0 Å². The van der Waals surface area contributed by atoms with Crippen LogP contribution in [0.4, 0.5) is 4.79 Å². The third-order valence-corrected chi connectivity index (χ3v) is 2.66. The summed E-state index contributed by atoms with van der Waals surface area (Å²) in [6, 6.07) is -0.354. The van der Waals surface area contributed by atoms with Crippen molar-refractivity contribution in [2.24, 2.45) is 5.92 Å². The van der Waals surface area contributed by atoms with Crippen LogP contribution in [-0.4, -0.2) is 41.1 Å². The molecule has 94 valence electrons. The van der Waals surface area contributed by atoms with Gasteiger partial charge in [0.1, 0.15) is 5.54 Å². The molecule has 0 rings (SSSR count). The highest BCUT2D eigenvalue weighted by molar-refractivity contribution is 5.85. The summed E-state index contributed by atoms with van der Waals surface area (Å²) in [5, 5.41) is 11.7. The van der Waals surface area contributed by atoms with Crippen LogP contribution in [0.3, 0.4) is 0 Å². The van der Waals surface area contributed by atoms with Crippen LogP contribution in [0, 0.1) is 5.92 Å². The number of nitrogens with one attached hydrogen (secondary N) is 1. The van der Waals surface area contributed by atoms with Crippen molar-refractivity contribution in [3.63, 3.8) is 0 Å². The van der Waals surface area contributed by atoms with Crippen LogP contribution in [0.5, 0.6) is 0 Å². The summed E-state index contributed by atoms with van der Waals surface area (Å²) in [4.78, 5) is 23.8. The van der Waals surface area contributed by atoms with Gasteiger partial charge in [0, 0.05) is 13.6 Å². The molecule has 0 fully saturated rings. The molecule has 0 atom stereocenters. The van der Waals surface area contributed by atoms with Crippen LogP contribution >= 0.6 is 0 Å². The molecule has 5 heteroatoms. The van der Waals surface area contributed by atoms with Crippen LogP contribution in [0.2, 0.25) is 0 Å². The van der Waals surface area contributed by atoms with Crippen molar-refractivity contribution in [1.82, 2.24) is 10.2 Å². The largest absolute Gasteiger partial charge is 0.480 e. The molecule has 2 N–H and O–H groups in total. The number of urea groups is 1. The molecular weight excluding hydrogens is 208 g/mol.